The smallest absolute Gasteiger partial charge is 0.185 e. The second-order valence-electron chi connectivity index (χ2n) is 4.74. The van der Waals surface area contributed by atoms with Gasteiger partial charge in [-0.1, -0.05) is 48.0 Å². The number of hydrogen-bond acceptors (Lipinski definition) is 2. The lowest BCUT2D eigenvalue weighted by Crippen LogP contribution is -2.38. The third-order valence-corrected chi connectivity index (χ3v) is 3.23. The minimum Gasteiger partial charge on any atom is -0.357 e. The molecule has 2 rings (SSSR count). The van der Waals surface area contributed by atoms with Crippen LogP contribution in [0.25, 0.3) is 0 Å². The van der Waals surface area contributed by atoms with E-state index < -0.39 is 0 Å². The average molecular weight is 285 g/mol. The molecule has 0 aliphatic heterocycles. The summed E-state index contributed by atoms with van der Waals surface area (Å²) in [5.41, 5.74) is 10.8. The number of aryl methyl sites for hydroxylation is 2. The van der Waals surface area contributed by atoms with Crippen molar-refractivity contribution in [3.8, 4) is 0 Å². The van der Waals surface area contributed by atoms with Crippen LogP contribution in [0.1, 0.15) is 16.7 Å². The van der Waals surface area contributed by atoms with Crippen LogP contribution < -0.4 is 16.2 Å². The standard InChI is InChI=1S/C16H19N3S/c1-12-8-9-15(13(2)10-12)18-19-16(20)17-11-14-6-4-3-5-7-14/h3-10,18H,11H2,1-2H3,(H2,17,19,20). The average Bonchev–Trinajstić information content (AvgIpc) is 2.45. The summed E-state index contributed by atoms with van der Waals surface area (Å²) in [5, 5.41) is 3.74. The van der Waals surface area contributed by atoms with Crippen molar-refractivity contribution in [1.82, 2.24) is 10.7 Å². The molecule has 3 N–H and O–H groups in total. The lowest BCUT2D eigenvalue weighted by Gasteiger charge is -2.14. The van der Waals surface area contributed by atoms with Crippen molar-refractivity contribution >= 4 is 23.0 Å². The van der Waals surface area contributed by atoms with Gasteiger partial charge >= 0.3 is 0 Å². The van der Waals surface area contributed by atoms with E-state index in [1.807, 2.05) is 24.3 Å². The molecule has 0 fully saturated rings. The van der Waals surface area contributed by atoms with E-state index >= 15 is 0 Å². The molecule has 0 aliphatic rings. The Labute approximate surface area is 125 Å². The first-order valence-electron chi connectivity index (χ1n) is 6.56. The third kappa shape index (κ3) is 4.24. The van der Waals surface area contributed by atoms with Gasteiger partial charge in [0.05, 0.1) is 5.69 Å². The van der Waals surface area contributed by atoms with Gasteiger partial charge in [-0.25, -0.2) is 0 Å². The summed E-state index contributed by atoms with van der Waals surface area (Å²) in [4.78, 5) is 0. The number of benzene rings is 2. The molecule has 0 aliphatic carbocycles. The summed E-state index contributed by atoms with van der Waals surface area (Å²) in [5.74, 6) is 0. The number of hydrazine groups is 1. The van der Waals surface area contributed by atoms with Crippen LogP contribution in [0.15, 0.2) is 48.5 Å². The fourth-order valence-electron chi connectivity index (χ4n) is 1.90. The molecule has 0 unspecified atom stereocenters. The van der Waals surface area contributed by atoms with Crippen molar-refractivity contribution in [1.29, 1.82) is 0 Å². The lowest BCUT2D eigenvalue weighted by molar-refractivity contribution is 0.885. The molecule has 0 aromatic heterocycles. The minimum absolute atomic E-state index is 0.578. The van der Waals surface area contributed by atoms with Crippen molar-refractivity contribution in [2.24, 2.45) is 0 Å². The van der Waals surface area contributed by atoms with Crippen molar-refractivity contribution in [2.45, 2.75) is 20.4 Å². The highest BCUT2D eigenvalue weighted by Gasteiger charge is 1.99. The van der Waals surface area contributed by atoms with E-state index in [0.29, 0.717) is 11.7 Å². The van der Waals surface area contributed by atoms with Crippen molar-refractivity contribution in [3.63, 3.8) is 0 Å². The molecule has 3 nitrogen and oxygen atoms in total. The second-order valence-corrected chi connectivity index (χ2v) is 5.14. The highest BCUT2D eigenvalue weighted by Crippen LogP contribution is 2.14. The van der Waals surface area contributed by atoms with Gasteiger partial charge in [0.15, 0.2) is 5.11 Å². The van der Waals surface area contributed by atoms with Gasteiger partial charge in [0.2, 0.25) is 0 Å². The zero-order valence-electron chi connectivity index (χ0n) is 11.7. The van der Waals surface area contributed by atoms with Crippen LogP contribution in [0, 0.1) is 13.8 Å². The molecule has 20 heavy (non-hydrogen) atoms. The summed E-state index contributed by atoms with van der Waals surface area (Å²) < 4.78 is 0. The Kier molecular flexibility index (Phi) is 4.96. The zero-order chi connectivity index (χ0) is 14.4. The molecule has 4 heteroatoms. The number of nitrogens with one attached hydrogen (secondary N) is 3. The first kappa shape index (κ1) is 14.3. The zero-order valence-corrected chi connectivity index (χ0v) is 12.6. The van der Waals surface area contributed by atoms with Gasteiger partial charge < -0.3 is 5.32 Å². The summed E-state index contributed by atoms with van der Waals surface area (Å²) in [6.45, 7) is 4.86. The molecule has 2 aromatic rings. The minimum atomic E-state index is 0.578. The van der Waals surface area contributed by atoms with E-state index in [1.165, 1.54) is 16.7 Å². The van der Waals surface area contributed by atoms with E-state index in [-0.39, 0.29) is 0 Å². The highest BCUT2D eigenvalue weighted by molar-refractivity contribution is 7.80. The Hall–Kier alpha value is -2.07. The number of thiocarbonyl (C=S) groups is 1. The number of anilines is 1. The largest absolute Gasteiger partial charge is 0.357 e. The Morgan fingerprint density at radius 2 is 1.80 bits per heavy atom. The third-order valence-electron chi connectivity index (χ3n) is 2.99. The second kappa shape index (κ2) is 6.91. The van der Waals surface area contributed by atoms with Crippen molar-refractivity contribution in [2.75, 3.05) is 5.43 Å². The molecule has 0 spiro atoms. The monoisotopic (exact) mass is 285 g/mol. The maximum Gasteiger partial charge on any atom is 0.185 e. The van der Waals surface area contributed by atoms with Gasteiger partial charge in [-0.05, 0) is 43.3 Å². The van der Waals surface area contributed by atoms with Crippen LogP contribution >= 0.6 is 12.2 Å². The number of hydrogen-bond donors (Lipinski definition) is 3. The number of rotatable bonds is 4. The summed E-state index contributed by atoms with van der Waals surface area (Å²) in [6, 6.07) is 16.4. The van der Waals surface area contributed by atoms with E-state index in [0.717, 1.165) is 5.69 Å². The van der Waals surface area contributed by atoms with E-state index in [9.17, 15) is 0 Å². The molecular weight excluding hydrogens is 266 g/mol. The Morgan fingerprint density at radius 1 is 1.05 bits per heavy atom. The van der Waals surface area contributed by atoms with Gasteiger partial charge in [-0.2, -0.15) is 0 Å². The van der Waals surface area contributed by atoms with Gasteiger partial charge in [-0.3, -0.25) is 10.9 Å². The lowest BCUT2D eigenvalue weighted by atomic mass is 10.1. The topological polar surface area (TPSA) is 36.1 Å². The van der Waals surface area contributed by atoms with E-state index in [2.05, 4.69) is 54.3 Å². The molecule has 104 valence electrons. The fourth-order valence-corrected chi connectivity index (χ4v) is 2.02. The van der Waals surface area contributed by atoms with Gasteiger partial charge in [0, 0.05) is 6.54 Å². The highest BCUT2D eigenvalue weighted by atomic mass is 32.1. The molecule has 2 aromatic carbocycles. The Balaban J connectivity index is 1.80. The maximum atomic E-state index is 5.24. The van der Waals surface area contributed by atoms with Crippen molar-refractivity contribution < 1.29 is 0 Å². The van der Waals surface area contributed by atoms with Gasteiger partial charge in [-0.15, -0.1) is 0 Å². The molecule has 0 radical (unpaired) electrons. The molecule has 0 bridgehead atoms. The van der Waals surface area contributed by atoms with Crippen LogP contribution in [-0.4, -0.2) is 5.11 Å². The van der Waals surface area contributed by atoms with Gasteiger partial charge in [0.25, 0.3) is 0 Å². The van der Waals surface area contributed by atoms with Crippen LogP contribution in [0.4, 0.5) is 5.69 Å². The molecule has 0 saturated heterocycles. The molecule has 0 heterocycles. The van der Waals surface area contributed by atoms with E-state index in [4.69, 9.17) is 12.2 Å². The fraction of sp³-hybridized carbons (Fsp3) is 0.188. The summed E-state index contributed by atoms with van der Waals surface area (Å²) in [7, 11) is 0. The molecule has 0 saturated carbocycles. The van der Waals surface area contributed by atoms with Crippen LogP contribution in [0.3, 0.4) is 0 Å². The predicted octanol–water partition coefficient (Wildman–Crippen LogP) is 3.29. The first-order valence-corrected chi connectivity index (χ1v) is 6.97. The predicted molar refractivity (Wildman–Crippen MR) is 88.6 cm³/mol. The molecule has 0 atom stereocenters. The Bertz CT molecular complexity index is 582. The normalized spacial score (nSPS) is 9.90. The Morgan fingerprint density at radius 3 is 2.50 bits per heavy atom. The molecular formula is C16H19N3S. The summed E-state index contributed by atoms with van der Waals surface area (Å²) >= 11 is 5.24. The maximum absolute atomic E-state index is 5.24. The SMILES string of the molecule is Cc1ccc(NNC(=S)NCc2ccccc2)c(C)c1. The van der Waals surface area contributed by atoms with Crippen LogP contribution in [0.2, 0.25) is 0 Å². The van der Waals surface area contributed by atoms with Crippen LogP contribution in [-0.2, 0) is 6.54 Å². The van der Waals surface area contributed by atoms with Crippen LogP contribution in [0.5, 0.6) is 0 Å². The van der Waals surface area contributed by atoms with Gasteiger partial charge in [0.1, 0.15) is 0 Å². The summed E-state index contributed by atoms with van der Waals surface area (Å²) in [6.07, 6.45) is 0. The van der Waals surface area contributed by atoms with Crippen molar-refractivity contribution in [3.05, 3.63) is 65.2 Å². The quantitative estimate of drug-likeness (QED) is 0.595. The van der Waals surface area contributed by atoms with E-state index in [1.54, 1.807) is 0 Å². The first-order chi connectivity index (χ1) is 9.65. The molecule has 0 amide bonds.